The monoisotopic (exact) mass is 263 g/mol. The molecule has 0 saturated heterocycles. The first-order valence-electron chi connectivity index (χ1n) is 5.31. The maximum absolute atomic E-state index is 11.1. The molecular formula is C12H13N3O2S. The number of methoxy groups -OCH3 is 1. The van der Waals surface area contributed by atoms with Gasteiger partial charge < -0.3 is 15.8 Å². The molecule has 0 fully saturated rings. The average Bonchev–Trinajstić information content (AvgIpc) is 2.76. The summed E-state index contributed by atoms with van der Waals surface area (Å²) in [5.74, 6) is -0.296. The van der Waals surface area contributed by atoms with Crippen LogP contribution in [0.25, 0.3) is 0 Å². The van der Waals surface area contributed by atoms with Gasteiger partial charge in [0.2, 0.25) is 0 Å². The van der Waals surface area contributed by atoms with Gasteiger partial charge in [0.15, 0.2) is 5.13 Å². The molecule has 0 bridgehead atoms. The number of ether oxygens (including phenoxy) is 1. The average molecular weight is 263 g/mol. The number of benzene rings is 1. The number of nitrogen functional groups attached to an aromatic ring is 1. The summed E-state index contributed by atoms with van der Waals surface area (Å²) < 4.78 is 4.59. The molecule has 0 unspecified atom stereocenters. The van der Waals surface area contributed by atoms with E-state index in [4.69, 9.17) is 5.73 Å². The van der Waals surface area contributed by atoms with Gasteiger partial charge in [-0.2, -0.15) is 0 Å². The van der Waals surface area contributed by atoms with Crippen molar-refractivity contribution in [3.8, 4) is 0 Å². The molecule has 3 N–H and O–H groups in total. The first-order valence-corrected chi connectivity index (χ1v) is 6.19. The molecule has 1 aromatic heterocycles. The van der Waals surface area contributed by atoms with Gasteiger partial charge >= 0.3 is 5.97 Å². The Hall–Kier alpha value is -2.08. The van der Waals surface area contributed by atoms with Crippen LogP contribution in [0.15, 0.2) is 29.6 Å². The standard InChI is InChI=1S/C12H13N3O2S/c1-17-11(16)6-10-7-18-12(15-10)14-9-4-2-3-8(13)5-9/h2-5,7H,6,13H2,1H3,(H,14,15). The lowest BCUT2D eigenvalue weighted by Gasteiger charge is -2.02. The third kappa shape index (κ3) is 3.21. The number of esters is 1. The van der Waals surface area contributed by atoms with Crippen LogP contribution < -0.4 is 11.1 Å². The predicted molar refractivity (Wildman–Crippen MR) is 72.0 cm³/mol. The van der Waals surface area contributed by atoms with Gasteiger partial charge in [-0.05, 0) is 18.2 Å². The Labute approximate surface area is 109 Å². The van der Waals surface area contributed by atoms with Gasteiger partial charge in [-0.15, -0.1) is 11.3 Å². The number of anilines is 3. The third-order valence-corrected chi connectivity index (χ3v) is 3.05. The number of nitrogens with two attached hydrogens (primary N) is 1. The number of hydrogen-bond donors (Lipinski definition) is 2. The molecule has 0 aliphatic heterocycles. The van der Waals surface area contributed by atoms with Crippen molar-refractivity contribution in [2.75, 3.05) is 18.2 Å². The molecule has 0 saturated carbocycles. The summed E-state index contributed by atoms with van der Waals surface area (Å²) in [5, 5.41) is 5.68. The van der Waals surface area contributed by atoms with Crippen LogP contribution in [0.4, 0.5) is 16.5 Å². The summed E-state index contributed by atoms with van der Waals surface area (Å²) in [4.78, 5) is 15.4. The van der Waals surface area contributed by atoms with Gasteiger partial charge in [0.05, 0.1) is 19.2 Å². The van der Waals surface area contributed by atoms with Crippen LogP contribution in [0.2, 0.25) is 0 Å². The fraction of sp³-hybridized carbons (Fsp3) is 0.167. The molecule has 0 amide bonds. The van der Waals surface area contributed by atoms with Crippen molar-refractivity contribution in [3.05, 3.63) is 35.3 Å². The Bertz CT molecular complexity index is 554. The number of rotatable bonds is 4. The highest BCUT2D eigenvalue weighted by Crippen LogP contribution is 2.22. The van der Waals surface area contributed by atoms with Gasteiger partial charge in [-0.3, -0.25) is 4.79 Å². The number of thiazole rings is 1. The van der Waals surface area contributed by atoms with Crippen LogP contribution in [0.3, 0.4) is 0 Å². The van der Waals surface area contributed by atoms with Gasteiger partial charge in [0.1, 0.15) is 0 Å². The zero-order valence-corrected chi connectivity index (χ0v) is 10.7. The first kappa shape index (κ1) is 12.4. The molecule has 0 radical (unpaired) electrons. The molecule has 0 aliphatic carbocycles. The molecule has 94 valence electrons. The lowest BCUT2D eigenvalue weighted by molar-refractivity contribution is -0.139. The van der Waals surface area contributed by atoms with Crippen molar-refractivity contribution >= 4 is 33.8 Å². The van der Waals surface area contributed by atoms with Crippen molar-refractivity contribution in [1.82, 2.24) is 4.98 Å². The minimum Gasteiger partial charge on any atom is -0.469 e. The zero-order valence-electron chi connectivity index (χ0n) is 9.84. The van der Waals surface area contributed by atoms with Gasteiger partial charge in [0, 0.05) is 16.8 Å². The summed E-state index contributed by atoms with van der Waals surface area (Å²) in [7, 11) is 1.36. The number of hydrogen-bond acceptors (Lipinski definition) is 6. The fourth-order valence-electron chi connectivity index (χ4n) is 1.41. The smallest absolute Gasteiger partial charge is 0.311 e. The molecule has 1 heterocycles. The number of nitrogens with one attached hydrogen (secondary N) is 1. The molecule has 0 atom stereocenters. The SMILES string of the molecule is COC(=O)Cc1csc(Nc2cccc(N)c2)n1. The number of nitrogens with zero attached hydrogens (tertiary/aromatic N) is 1. The molecule has 18 heavy (non-hydrogen) atoms. The van der Waals surface area contributed by atoms with E-state index in [9.17, 15) is 4.79 Å². The molecule has 5 nitrogen and oxygen atoms in total. The summed E-state index contributed by atoms with van der Waals surface area (Å²) in [6.45, 7) is 0. The molecule has 1 aromatic carbocycles. The summed E-state index contributed by atoms with van der Waals surface area (Å²) in [6, 6.07) is 7.40. The van der Waals surface area contributed by atoms with E-state index < -0.39 is 0 Å². The van der Waals surface area contributed by atoms with E-state index in [1.807, 2.05) is 29.6 Å². The maximum atomic E-state index is 11.1. The van der Waals surface area contributed by atoms with Gasteiger partial charge in [-0.25, -0.2) is 4.98 Å². The summed E-state index contributed by atoms with van der Waals surface area (Å²) in [5.41, 5.74) is 7.93. The fourth-order valence-corrected chi connectivity index (χ4v) is 2.14. The van der Waals surface area contributed by atoms with E-state index in [1.165, 1.54) is 18.4 Å². The van der Waals surface area contributed by atoms with E-state index in [0.29, 0.717) is 11.4 Å². The molecule has 6 heteroatoms. The highest BCUT2D eigenvalue weighted by Gasteiger charge is 2.07. The summed E-state index contributed by atoms with van der Waals surface area (Å²) >= 11 is 1.43. The third-order valence-electron chi connectivity index (χ3n) is 2.24. The normalized spacial score (nSPS) is 10.1. The summed E-state index contributed by atoms with van der Waals surface area (Å²) in [6.07, 6.45) is 0.186. The number of aromatic nitrogens is 1. The van der Waals surface area contributed by atoms with Gasteiger partial charge in [-0.1, -0.05) is 6.07 Å². The second-order valence-electron chi connectivity index (χ2n) is 3.65. The van der Waals surface area contributed by atoms with Crippen LogP contribution >= 0.6 is 11.3 Å². The Morgan fingerprint density at radius 1 is 1.56 bits per heavy atom. The number of carbonyl (C=O) groups is 1. The van der Waals surface area contributed by atoms with Crippen LogP contribution in [0.5, 0.6) is 0 Å². The van der Waals surface area contributed by atoms with E-state index in [0.717, 1.165) is 10.8 Å². The van der Waals surface area contributed by atoms with E-state index in [2.05, 4.69) is 15.0 Å². The Balaban J connectivity index is 2.04. The highest BCUT2D eigenvalue weighted by atomic mass is 32.1. The predicted octanol–water partition coefficient (Wildman–Crippen LogP) is 2.18. The van der Waals surface area contributed by atoms with E-state index >= 15 is 0 Å². The Morgan fingerprint density at radius 3 is 3.11 bits per heavy atom. The quantitative estimate of drug-likeness (QED) is 0.653. The van der Waals surface area contributed by atoms with Crippen molar-refractivity contribution in [2.45, 2.75) is 6.42 Å². The Kier molecular flexibility index (Phi) is 3.78. The van der Waals surface area contributed by atoms with Crippen molar-refractivity contribution in [3.63, 3.8) is 0 Å². The van der Waals surface area contributed by atoms with Crippen LogP contribution in [0, 0.1) is 0 Å². The van der Waals surface area contributed by atoms with Crippen molar-refractivity contribution < 1.29 is 9.53 Å². The molecule has 0 aliphatic rings. The van der Waals surface area contributed by atoms with E-state index in [1.54, 1.807) is 0 Å². The topological polar surface area (TPSA) is 77.2 Å². The van der Waals surface area contributed by atoms with Crippen LogP contribution in [-0.2, 0) is 16.0 Å². The molecule has 2 aromatic rings. The Morgan fingerprint density at radius 2 is 2.39 bits per heavy atom. The largest absolute Gasteiger partial charge is 0.469 e. The minimum absolute atomic E-state index is 0.186. The lowest BCUT2D eigenvalue weighted by atomic mass is 10.3. The molecule has 0 spiro atoms. The number of carbonyl (C=O) groups excluding carboxylic acids is 1. The maximum Gasteiger partial charge on any atom is 0.311 e. The van der Waals surface area contributed by atoms with Crippen LogP contribution in [0.1, 0.15) is 5.69 Å². The van der Waals surface area contributed by atoms with Crippen LogP contribution in [-0.4, -0.2) is 18.1 Å². The van der Waals surface area contributed by atoms with Gasteiger partial charge in [0.25, 0.3) is 0 Å². The molecular weight excluding hydrogens is 250 g/mol. The zero-order chi connectivity index (χ0) is 13.0. The second-order valence-corrected chi connectivity index (χ2v) is 4.51. The van der Waals surface area contributed by atoms with Crippen molar-refractivity contribution in [1.29, 1.82) is 0 Å². The highest BCUT2D eigenvalue weighted by molar-refractivity contribution is 7.13. The second kappa shape index (κ2) is 5.50. The van der Waals surface area contributed by atoms with E-state index in [-0.39, 0.29) is 12.4 Å². The molecule has 2 rings (SSSR count). The lowest BCUT2D eigenvalue weighted by Crippen LogP contribution is -2.04. The first-order chi connectivity index (χ1) is 8.67. The minimum atomic E-state index is -0.296. The van der Waals surface area contributed by atoms with Crippen molar-refractivity contribution in [2.24, 2.45) is 0 Å².